The van der Waals surface area contributed by atoms with Gasteiger partial charge in [0.2, 0.25) is 0 Å². The standard InChI is InChI=1S/C12H10N4O2/c17-11-10(14-12(18)15-11)8-6-13-16(7-8)9-4-2-1-3-5-9/h1-7,10H,(H2,14,15,17,18). The summed E-state index contributed by atoms with van der Waals surface area (Å²) >= 11 is 0. The first-order valence-electron chi connectivity index (χ1n) is 5.45. The molecular weight excluding hydrogens is 232 g/mol. The molecule has 18 heavy (non-hydrogen) atoms. The van der Waals surface area contributed by atoms with Gasteiger partial charge in [0.25, 0.3) is 5.91 Å². The topological polar surface area (TPSA) is 76.0 Å². The predicted octanol–water partition coefficient (Wildman–Crippen LogP) is 0.753. The smallest absolute Gasteiger partial charge is 0.322 e. The van der Waals surface area contributed by atoms with Gasteiger partial charge >= 0.3 is 6.03 Å². The number of urea groups is 1. The fraction of sp³-hybridized carbons (Fsp3) is 0.0833. The number of nitrogens with zero attached hydrogens (tertiary/aromatic N) is 2. The van der Waals surface area contributed by atoms with Gasteiger partial charge in [0.05, 0.1) is 11.9 Å². The molecule has 3 amide bonds. The Morgan fingerprint density at radius 3 is 2.61 bits per heavy atom. The first-order chi connectivity index (χ1) is 8.74. The van der Waals surface area contributed by atoms with E-state index in [-0.39, 0.29) is 5.91 Å². The first-order valence-corrected chi connectivity index (χ1v) is 5.45. The predicted molar refractivity (Wildman–Crippen MR) is 63.0 cm³/mol. The zero-order valence-corrected chi connectivity index (χ0v) is 9.33. The van der Waals surface area contributed by atoms with Crippen LogP contribution in [0.25, 0.3) is 5.69 Å². The molecule has 1 aromatic heterocycles. The third kappa shape index (κ3) is 1.73. The Labute approximate surface area is 103 Å². The number of carbonyl (C=O) groups excluding carboxylic acids is 2. The Kier molecular flexibility index (Phi) is 2.33. The number of imide groups is 1. The van der Waals surface area contributed by atoms with Crippen molar-refractivity contribution < 1.29 is 9.59 Å². The highest BCUT2D eigenvalue weighted by atomic mass is 16.2. The summed E-state index contributed by atoms with van der Waals surface area (Å²) in [5.41, 5.74) is 1.55. The van der Waals surface area contributed by atoms with Gasteiger partial charge in [0, 0.05) is 11.8 Å². The third-order valence-corrected chi connectivity index (χ3v) is 2.73. The van der Waals surface area contributed by atoms with Crippen LogP contribution in [0.1, 0.15) is 11.6 Å². The summed E-state index contributed by atoms with van der Waals surface area (Å²) in [6.45, 7) is 0. The molecule has 1 fully saturated rings. The van der Waals surface area contributed by atoms with Gasteiger partial charge in [-0.15, -0.1) is 0 Å². The Bertz CT molecular complexity index is 606. The van der Waals surface area contributed by atoms with E-state index in [1.165, 1.54) is 0 Å². The number of para-hydroxylation sites is 1. The van der Waals surface area contributed by atoms with Gasteiger partial charge in [-0.1, -0.05) is 18.2 Å². The van der Waals surface area contributed by atoms with E-state index in [4.69, 9.17) is 0 Å². The van der Waals surface area contributed by atoms with Crippen molar-refractivity contribution in [3.8, 4) is 5.69 Å². The molecule has 0 radical (unpaired) electrons. The molecule has 1 aromatic carbocycles. The molecule has 3 rings (SSSR count). The highest BCUT2D eigenvalue weighted by Crippen LogP contribution is 2.17. The second kappa shape index (κ2) is 3.99. The van der Waals surface area contributed by atoms with Crippen LogP contribution in [0.4, 0.5) is 4.79 Å². The van der Waals surface area contributed by atoms with E-state index in [0.29, 0.717) is 5.56 Å². The average Bonchev–Trinajstić information content (AvgIpc) is 2.97. The molecule has 1 unspecified atom stereocenters. The maximum atomic E-state index is 11.5. The first kappa shape index (κ1) is 10.5. The monoisotopic (exact) mass is 242 g/mol. The number of hydrogen-bond donors (Lipinski definition) is 2. The summed E-state index contributed by atoms with van der Waals surface area (Å²) in [7, 11) is 0. The maximum Gasteiger partial charge on any atom is 0.322 e. The molecule has 1 saturated heterocycles. The van der Waals surface area contributed by atoms with Crippen LogP contribution >= 0.6 is 0 Å². The van der Waals surface area contributed by atoms with Crippen molar-refractivity contribution in [2.75, 3.05) is 0 Å². The van der Waals surface area contributed by atoms with Crippen LogP contribution in [0.3, 0.4) is 0 Å². The molecule has 0 bridgehead atoms. The van der Waals surface area contributed by atoms with E-state index in [1.807, 2.05) is 30.3 Å². The van der Waals surface area contributed by atoms with Crippen LogP contribution in [0.2, 0.25) is 0 Å². The van der Waals surface area contributed by atoms with E-state index in [0.717, 1.165) is 5.69 Å². The van der Waals surface area contributed by atoms with Gasteiger partial charge in [-0.25, -0.2) is 9.48 Å². The zero-order chi connectivity index (χ0) is 12.5. The van der Waals surface area contributed by atoms with Gasteiger partial charge in [0.1, 0.15) is 6.04 Å². The SMILES string of the molecule is O=C1NC(=O)C(c2cnn(-c3ccccc3)c2)N1. The summed E-state index contributed by atoms with van der Waals surface area (Å²) in [5.74, 6) is -0.354. The molecule has 1 atom stereocenters. The summed E-state index contributed by atoms with van der Waals surface area (Å²) in [6, 6.07) is 8.40. The molecule has 2 N–H and O–H groups in total. The van der Waals surface area contributed by atoms with Crippen LogP contribution in [0.5, 0.6) is 0 Å². The summed E-state index contributed by atoms with van der Waals surface area (Å²) in [6.07, 6.45) is 3.30. The molecule has 0 spiro atoms. The van der Waals surface area contributed by atoms with Crippen molar-refractivity contribution in [3.63, 3.8) is 0 Å². The van der Waals surface area contributed by atoms with Crippen LogP contribution in [-0.2, 0) is 4.79 Å². The number of benzene rings is 1. The molecule has 1 aliphatic heterocycles. The Hall–Kier alpha value is -2.63. The minimum atomic E-state index is -0.657. The number of nitrogens with one attached hydrogen (secondary N) is 2. The summed E-state index contributed by atoms with van der Waals surface area (Å²) in [4.78, 5) is 22.5. The zero-order valence-electron chi connectivity index (χ0n) is 9.33. The number of rotatable bonds is 2. The molecule has 0 saturated carbocycles. The van der Waals surface area contributed by atoms with Gasteiger partial charge < -0.3 is 5.32 Å². The second-order valence-electron chi connectivity index (χ2n) is 3.95. The van der Waals surface area contributed by atoms with Crippen LogP contribution in [-0.4, -0.2) is 21.7 Å². The third-order valence-electron chi connectivity index (χ3n) is 2.73. The van der Waals surface area contributed by atoms with Crippen LogP contribution < -0.4 is 10.6 Å². The van der Waals surface area contributed by atoms with Gasteiger partial charge in [-0.05, 0) is 12.1 Å². The van der Waals surface area contributed by atoms with E-state index < -0.39 is 12.1 Å². The molecule has 0 aliphatic carbocycles. The van der Waals surface area contributed by atoms with Crippen molar-refractivity contribution in [1.29, 1.82) is 0 Å². The Balaban J connectivity index is 1.91. The van der Waals surface area contributed by atoms with E-state index in [2.05, 4.69) is 15.7 Å². The van der Waals surface area contributed by atoms with Crippen molar-refractivity contribution in [1.82, 2.24) is 20.4 Å². The minimum Gasteiger partial charge on any atom is -0.322 e. The second-order valence-corrected chi connectivity index (χ2v) is 3.95. The van der Waals surface area contributed by atoms with E-state index in [1.54, 1.807) is 17.1 Å². The largest absolute Gasteiger partial charge is 0.322 e. The molecular formula is C12H10N4O2. The Morgan fingerprint density at radius 1 is 1.17 bits per heavy atom. The normalized spacial score (nSPS) is 18.6. The van der Waals surface area contributed by atoms with Crippen LogP contribution in [0.15, 0.2) is 42.7 Å². The molecule has 6 nitrogen and oxygen atoms in total. The van der Waals surface area contributed by atoms with Gasteiger partial charge in [-0.2, -0.15) is 5.10 Å². The molecule has 6 heteroatoms. The molecule has 90 valence electrons. The van der Waals surface area contributed by atoms with E-state index >= 15 is 0 Å². The lowest BCUT2D eigenvalue weighted by atomic mass is 10.2. The lowest BCUT2D eigenvalue weighted by Gasteiger charge is -2.03. The molecule has 1 aliphatic rings. The summed E-state index contributed by atoms with van der Waals surface area (Å²) in [5, 5.41) is 8.90. The quantitative estimate of drug-likeness (QED) is 0.763. The van der Waals surface area contributed by atoms with Crippen molar-refractivity contribution in [2.45, 2.75) is 6.04 Å². The Morgan fingerprint density at radius 2 is 1.94 bits per heavy atom. The van der Waals surface area contributed by atoms with Crippen molar-refractivity contribution in [2.24, 2.45) is 0 Å². The maximum absolute atomic E-state index is 11.5. The number of aromatic nitrogens is 2. The minimum absolute atomic E-state index is 0.354. The average molecular weight is 242 g/mol. The highest BCUT2D eigenvalue weighted by molar-refractivity contribution is 6.04. The fourth-order valence-electron chi connectivity index (χ4n) is 1.86. The van der Waals surface area contributed by atoms with Crippen molar-refractivity contribution in [3.05, 3.63) is 48.3 Å². The number of amides is 3. The highest BCUT2D eigenvalue weighted by Gasteiger charge is 2.31. The van der Waals surface area contributed by atoms with Crippen molar-refractivity contribution >= 4 is 11.9 Å². The van der Waals surface area contributed by atoms with Crippen LogP contribution in [0, 0.1) is 0 Å². The molecule has 2 aromatic rings. The fourth-order valence-corrected chi connectivity index (χ4v) is 1.86. The number of carbonyl (C=O) groups is 2. The van der Waals surface area contributed by atoms with E-state index in [9.17, 15) is 9.59 Å². The lowest BCUT2D eigenvalue weighted by Crippen LogP contribution is -2.22. The van der Waals surface area contributed by atoms with Gasteiger partial charge in [0.15, 0.2) is 0 Å². The van der Waals surface area contributed by atoms with Gasteiger partial charge in [-0.3, -0.25) is 10.1 Å². The lowest BCUT2D eigenvalue weighted by molar-refractivity contribution is -0.120. The number of hydrogen-bond acceptors (Lipinski definition) is 3. The molecule has 2 heterocycles. The summed E-state index contributed by atoms with van der Waals surface area (Å²) < 4.78 is 1.66.